The average molecular weight is 198 g/mol. The molecule has 0 bridgehead atoms. The first-order valence-corrected chi connectivity index (χ1v) is 5.58. The molecule has 0 fully saturated rings. The van der Waals surface area contributed by atoms with E-state index in [0.29, 0.717) is 6.42 Å². The zero-order valence-corrected chi connectivity index (χ0v) is 9.64. The van der Waals surface area contributed by atoms with Gasteiger partial charge in [0.25, 0.3) is 0 Å². The van der Waals surface area contributed by atoms with E-state index in [1.54, 1.807) is 0 Å². The molecule has 0 aliphatic carbocycles. The maximum Gasteiger partial charge on any atom is 0.310 e. The Morgan fingerprint density at radius 1 is 1.21 bits per heavy atom. The number of hydrogen-bond donors (Lipinski definition) is 0. The highest BCUT2D eigenvalue weighted by atomic mass is 16.5. The summed E-state index contributed by atoms with van der Waals surface area (Å²) in [5.41, 5.74) is 0. The fraction of sp³-hybridized carbons (Fsp3) is 0.750. The standard InChI is InChI=1S/C12H22O2/c1-4-6-8-10-12(13)14-11(3)9-7-5-2/h9H,4-8,10H2,1-3H3. The molecule has 0 N–H and O–H groups in total. The summed E-state index contributed by atoms with van der Waals surface area (Å²) in [5, 5.41) is 0. The molecule has 0 saturated heterocycles. The van der Waals surface area contributed by atoms with E-state index in [1.807, 2.05) is 13.0 Å². The van der Waals surface area contributed by atoms with Crippen LogP contribution in [0.4, 0.5) is 0 Å². The number of rotatable bonds is 7. The summed E-state index contributed by atoms with van der Waals surface area (Å²) in [6.07, 6.45) is 7.77. The van der Waals surface area contributed by atoms with Crippen LogP contribution in [0.15, 0.2) is 11.8 Å². The molecule has 0 rings (SSSR count). The van der Waals surface area contributed by atoms with Crippen LogP contribution in [0.2, 0.25) is 0 Å². The lowest BCUT2D eigenvalue weighted by molar-refractivity contribution is -0.139. The van der Waals surface area contributed by atoms with Crippen molar-refractivity contribution >= 4 is 5.97 Å². The van der Waals surface area contributed by atoms with Crippen LogP contribution in [0.25, 0.3) is 0 Å². The predicted molar refractivity (Wildman–Crippen MR) is 58.9 cm³/mol. The van der Waals surface area contributed by atoms with E-state index in [1.165, 1.54) is 0 Å². The Labute approximate surface area is 87.3 Å². The highest BCUT2D eigenvalue weighted by molar-refractivity contribution is 5.70. The summed E-state index contributed by atoms with van der Waals surface area (Å²) in [5.74, 6) is 0.650. The van der Waals surface area contributed by atoms with Gasteiger partial charge < -0.3 is 4.74 Å². The molecule has 0 spiro atoms. The topological polar surface area (TPSA) is 26.3 Å². The van der Waals surface area contributed by atoms with E-state index in [4.69, 9.17) is 4.74 Å². The molecule has 0 saturated carbocycles. The lowest BCUT2D eigenvalue weighted by Crippen LogP contribution is -2.02. The minimum atomic E-state index is -0.0942. The molecule has 0 amide bonds. The van der Waals surface area contributed by atoms with Crippen LogP contribution < -0.4 is 0 Å². The molecule has 0 aromatic carbocycles. The molecule has 0 heterocycles. The van der Waals surface area contributed by atoms with Crippen molar-refractivity contribution in [1.82, 2.24) is 0 Å². The molecule has 0 unspecified atom stereocenters. The van der Waals surface area contributed by atoms with Gasteiger partial charge in [-0.05, 0) is 25.8 Å². The van der Waals surface area contributed by atoms with Gasteiger partial charge in [-0.25, -0.2) is 0 Å². The van der Waals surface area contributed by atoms with Gasteiger partial charge in [-0.2, -0.15) is 0 Å². The van der Waals surface area contributed by atoms with Crippen molar-refractivity contribution in [3.63, 3.8) is 0 Å². The van der Waals surface area contributed by atoms with Crippen LogP contribution in [0.3, 0.4) is 0 Å². The first-order valence-electron chi connectivity index (χ1n) is 5.58. The fourth-order valence-corrected chi connectivity index (χ4v) is 1.14. The van der Waals surface area contributed by atoms with Crippen LogP contribution >= 0.6 is 0 Å². The Hall–Kier alpha value is -0.790. The van der Waals surface area contributed by atoms with Gasteiger partial charge in [0.2, 0.25) is 0 Å². The summed E-state index contributed by atoms with van der Waals surface area (Å²) in [4.78, 5) is 11.2. The van der Waals surface area contributed by atoms with Gasteiger partial charge >= 0.3 is 5.97 Å². The Morgan fingerprint density at radius 2 is 1.93 bits per heavy atom. The first kappa shape index (κ1) is 13.2. The van der Waals surface area contributed by atoms with E-state index < -0.39 is 0 Å². The van der Waals surface area contributed by atoms with Crippen LogP contribution in [0.1, 0.15) is 59.3 Å². The largest absolute Gasteiger partial charge is 0.432 e. The Bertz CT molecular complexity index is 183. The molecule has 2 heteroatoms. The van der Waals surface area contributed by atoms with Crippen LogP contribution in [0.5, 0.6) is 0 Å². The SMILES string of the molecule is CCCC=C(C)OC(=O)CCCCC. The van der Waals surface area contributed by atoms with Crippen molar-refractivity contribution < 1.29 is 9.53 Å². The van der Waals surface area contributed by atoms with Crippen molar-refractivity contribution in [1.29, 1.82) is 0 Å². The number of carbonyl (C=O) groups excluding carboxylic acids is 1. The molecular weight excluding hydrogens is 176 g/mol. The number of esters is 1. The summed E-state index contributed by atoms with van der Waals surface area (Å²) >= 11 is 0. The van der Waals surface area contributed by atoms with Gasteiger partial charge in [0.1, 0.15) is 5.76 Å². The van der Waals surface area contributed by atoms with Gasteiger partial charge in [0.15, 0.2) is 0 Å². The van der Waals surface area contributed by atoms with Crippen molar-refractivity contribution in [2.45, 2.75) is 59.3 Å². The Kier molecular flexibility index (Phi) is 8.30. The second-order valence-corrected chi connectivity index (χ2v) is 3.53. The second kappa shape index (κ2) is 8.79. The first-order chi connectivity index (χ1) is 6.70. The summed E-state index contributed by atoms with van der Waals surface area (Å²) in [6, 6.07) is 0. The van der Waals surface area contributed by atoms with Gasteiger partial charge in [-0.15, -0.1) is 0 Å². The third-order valence-electron chi connectivity index (χ3n) is 1.98. The number of carbonyl (C=O) groups is 1. The Morgan fingerprint density at radius 3 is 2.50 bits per heavy atom. The van der Waals surface area contributed by atoms with Crippen molar-refractivity contribution in [3.8, 4) is 0 Å². The highest BCUT2D eigenvalue weighted by Crippen LogP contribution is 2.05. The van der Waals surface area contributed by atoms with Crippen molar-refractivity contribution in [2.24, 2.45) is 0 Å². The smallest absolute Gasteiger partial charge is 0.310 e. The molecule has 2 nitrogen and oxygen atoms in total. The predicted octanol–water partition coefficient (Wildman–Crippen LogP) is 3.81. The van der Waals surface area contributed by atoms with Gasteiger partial charge in [-0.1, -0.05) is 33.1 Å². The molecule has 14 heavy (non-hydrogen) atoms. The van der Waals surface area contributed by atoms with Crippen molar-refractivity contribution in [3.05, 3.63) is 11.8 Å². The highest BCUT2D eigenvalue weighted by Gasteiger charge is 2.02. The summed E-state index contributed by atoms with van der Waals surface area (Å²) in [6.45, 7) is 6.07. The van der Waals surface area contributed by atoms with E-state index >= 15 is 0 Å². The van der Waals surface area contributed by atoms with Crippen LogP contribution in [0, 0.1) is 0 Å². The zero-order valence-electron chi connectivity index (χ0n) is 9.64. The summed E-state index contributed by atoms with van der Waals surface area (Å²) < 4.78 is 5.12. The summed E-state index contributed by atoms with van der Waals surface area (Å²) in [7, 11) is 0. The molecule has 0 aliphatic heterocycles. The fourth-order valence-electron chi connectivity index (χ4n) is 1.14. The zero-order chi connectivity index (χ0) is 10.8. The van der Waals surface area contributed by atoms with Crippen molar-refractivity contribution in [2.75, 3.05) is 0 Å². The number of ether oxygens (including phenoxy) is 1. The van der Waals surface area contributed by atoms with Gasteiger partial charge in [0.05, 0.1) is 0 Å². The molecule has 0 aromatic rings. The van der Waals surface area contributed by atoms with E-state index in [9.17, 15) is 4.79 Å². The molecule has 0 aliphatic rings. The molecular formula is C12H22O2. The monoisotopic (exact) mass is 198 g/mol. The molecule has 0 atom stereocenters. The quantitative estimate of drug-likeness (QED) is 0.353. The number of unbranched alkanes of at least 4 members (excludes halogenated alkanes) is 3. The minimum Gasteiger partial charge on any atom is -0.432 e. The molecule has 82 valence electrons. The lowest BCUT2D eigenvalue weighted by atomic mass is 10.2. The maximum atomic E-state index is 11.2. The van der Waals surface area contributed by atoms with Gasteiger partial charge in [0, 0.05) is 6.42 Å². The molecule has 0 aromatic heterocycles. The van der Waals surface area contributed by atoms with Crippen LogP contribution in [-0.2, 0) is 9.53 Å². The van der Waals surface area contributed by atoms with E-state index in [2.05, 4.69) is 13.8 Å². The normalized spacial score (nSPS) is 11.5. The second-order valence-electron chi connectivity index (χ2n) is 3.53. The third-order valence-corrected chi connectivity index (χ3v) is 1.98. The minimum absolute atomic E-state index is 0.0942. The average Bonchev–Trinajstić information content (AvgIpc) is 2.15. The van der Waals surface area contributed by atoms with E-state index in [0.717, 1.165) is 37.9 Å². The lowest BCUT2D eigenvalue weighted by Gasteiger charge is -2.03. The Balaban J connectivity index is 3.60. The number of hydrogen-bond acceptors (Lipinski definition) is 2. The third kappa shape index (κ3) is 7.84. The van der Waals surface area contributed by atoms with Crippen LogP contribution in [-0.4, -0.2) is 5.97 Å². The maximum absolute atomic E-state index is 11.2. The van der Waals surface area contributed by atoms with Gasteiger partial charge in [-0.3, -0.25) is 4.79 Å². The van der Waals surface area contributed by atoms with E-state index in [-0.39, 0.29) is 5.97 Å². The molecule has 0 radical (unpaired) electrons. The number of allylic oxidation sites excluding steroid dienone is 2.